The lowest BCUT2D eigenvalue weighted by molar-refractivity contribution is 0.0888. The van der Waals surface area contributed by atoms with Crippen LogP contribution in [0.15, 0.2) is 48.5 Å². The summed E-state index contributed by atoms with van der Waals surface area (Å²) < 4.78 is 18.9. The van der Waals surface area contributed by atoms with Gasteiger partial charge in [-0.25, -0.2) is 4.39 Å². The van der Waals surface area contributed by atoms with Crippen LogP contribution in [-0.2, 0) is 6.54 Å². The number of carbonyl (C=O) groups excluding carboxylic acids is 1. The molecule has 2 aromatic carbocycles. The van der Waals surface area contributed by atoms with Gasteiger partial charge in [0, 0.05) is 19.6 Å². The minimum Gasteiger partial charge on any atom is -0.490 e. The van der Waals surface area contributed by atoms with Crippen molar-refractivity contribution in [3.05, 3.63) is 65.5 Å². The second kappa shape index (κ2) is 5.91. The lowest BCUT2D eigenvalue weighted by Crippen LogP contribution is -2.53. The molecule has 1 spiro atoms. The summed E-state index contributed by atoms with van der Waals surface area (Å²) in [4.78, 5) is 14.8. The van der Waals surface area contributed by atoms with E-state index in [9.17, 15) is 9.18 Å². The van der Waals surface area contributed by atoms with Crippen LogP contribution in [0.4, 0.5) is 4.39 Å². The summed E-state index contributed by atoms with van der Waals surface area (Å²) >= 11 is 0. The van der Waals surface area contributed by atoms with Gasteiger partial charge in [0.1, 0.15) is 18.2 Å². The maximum Gasteiger partial charge on any atom is 0.255 e. The lowest BCUT2D eigenvalue weighted by atomic mass is 9.99. The number of benzene rings is 2. The van der Waals surface area contributed by atoms with Gasteiger partial charge >= 0.3 is 0 Å². The van der Waals surface area contributed by atoms with Crippen molar-refractivity contribution in [2.45, 2.75) is 18.5 Å². The van der Waals surface area contributed by atoms with Crippen molar-refractivity contribution in [2.75, 3.05) is 19.7 Å². The summed E-state index contributed by atoms with van der Waals surface area (Å²) in [7, 11) is 0. The van der Waals surface area contributed by atoms with Gasteiger partial charge in [0.2, 0.25) is 0 Å². The molecule has 1 fully saturated rings. The molecule has 0 saturated carbocycles. The Balaban J connectivity index is 1.48. The molecule has 5 heteroatoms. The first-order valence-corrected chi connectivity index (χ1v) is 8.15. The average molecular weight is 326 g/mol. The summed E-state index contributed by atoms with van der Waals surface area (Å²) in [6.07, 6.45) is 0.841. The number of nitrogens with one attached hydrogen (secondary N) is 1. The Kier molecular flexibility index (Phi) is 3.73. The molecule has 0 aliphatic carbocycles. The number of hydrogen-bond acceptors (Lipinski definition) is 3. The van der Waals surface area contributed by atoms with Gasteiger partial charge in [0.25, 0.3) is 5.91 Å². The molecule has 124 valence electrons. The second-order valence-electron chi connectivity index (χ2n) is 6.61. The van der Waals surface area contributed by atoms with Crippen LogP contribution in [0.25, 0.3) is 0 Å². The fraction of sp³-hybridized carbons (Fsp3) is 0.316. The van der Waals surface area contributed by atoms with E-state index in [0.717, 1.165) is 31.6 Å². The molecule has 24 heavy (non-hydrogen) atoms. The Morgan fingerprint density at radius 1 is 1.17 bits per heavy atom. The maximum absolute atomic E-state index is 13.0. The van der Waals surface area contributed by atoms with Crippen LogP contribution in [0.2, 0.25) is 0 Å². The number of hydrogen-bond donors (Lipinski definition) is 1. The van der Waals surface area contributed by atoms with Crippen molar-refractivity contribution < 1.29 is 13.9 Å². The zero-order valence-electron chi connectivity index (χ0n) is 13.3. The highest BCUT2D eigenvalue weighted by Crippen LogP contribution is 2.29. The first-order chi connectivity index (χ1) is 11.6. The number of ether oxygens (including phenoxy) is 1. The number of rotatable bonds is 2. The quantitative estimate of drug-likeness (QED) is 0.922. The third-order valence-corrected chi connectivity index (χ3v) is 4.77. The first-order valence-electron chi connectivity index (χ1n) is 8.15. The van der Waals surface area contributed by atoms with Crippen molar-refractivity contribution in [2.24, 2.45) is 0 Å². The SMILES string of the molecule is O=C1NC2(CCN(Cc3ccc(F)cc3)C2)COc2ccccc21. The molecule has 4 rings (SSSR count). The van der Waals surface area contributed by atoms with Gasteiger partial charge in [-0.15, -0.1) is 0 Å². The zero-order valence-corrected chi connectivity index (χ0v) is 13.3. The van der Waals surface area contributed by atoms with E-state index in [-0.39, 0.29) is 17.3 Å². The highest BCUT2D eigenvalue weighted by atomic mass is 19.1. The van der Waals surface area contributed by atoms with E-state index in [1.54, 1.807) is 18.2 Å². The molecule has 2 aliphatic heterocycles. The maximum atomic E-state index is 13.0. The Morgan fingerprint density at radius 2 is 1.96 bits per heavy atom. The van der Waals surface area contributed by atoms with Crippen molar-refractivity contribution in [1.82, 2.24) is 10.2 Å². The number of carbonyl (C=O) groups is 1. The molecular formula is C19H19FN2O2. The Hall–Kier alpha value is -2.40. The minimum atomic E-state index is -0.365. The van der Waals surface area contributed by atoms with Gasteiger partial charge < -0.3 is 10.1 Å². The topological polar surface area (TPSA) is 41.6 Å². The molecule has 0 bridgehead atoms. The fourth-order valence-corrected chi connectivity index (χ4v) is 3.50. The van der Waals surface area contributed by atoms with Gasteiger partial charge in [-0.1, -0.05) is 24.3 Å². The third-order valence-electron chi connectivity index (χ3n) is 4.77. The summed E-state index contributed by atoms with van der Waals surface area (Å²) in [5.41, 5.74) is 1.29. The highest BCUT2D eigenvalue weighted by molar-refractivity contribution is 5.97. The standard InChI is InChI=1S/C19H19FN2O2/c20-15-7-5-14(6-8-15)11-22-10-9-19(12-22)13-24-17-4-2-1-3-16(17)18(23)21-19/h1-8H,9-13H2,(H,21,23). The molecule has 0 radical (unpaired) electrons. The lowest BCUT2D eigenvalue weighted by Gasteiger charge is -2.28. The summed E-state index contributed by atoms with van der Waals surface area (Å²) in [6, 6.07) is 13.9. The fourth-order valence-electron chi connectivity index (χ4n) is 3.50. The van der Waals surface area contributed by atoms with Crippen LogP contribution in [0.5, 0.6) is 5.75 Å². The van der Waals surface area contributed by atoms with Crippen LogP contribution in [0.3, 0.4) is 0 Å². The van der Waals surface area contributed by atoms with Crippen LogP contribution < -0.4 is 10.1 Å². The third kappa shape index (κ3) is 2.87. The van der Waals surface area contributed by atoms with Crippen molar-refractivity contribution >= 4 is 5.91 Å². The monoisotopic (exact) mass is 326 g/mol. The molecule has 1 unspecified atom stereocenters. The predicted octanol–water partition coefficient (Wildman–Crippen LogP) is 2.59. The van der Waals surface area contributed by atoms with Crippen LogP contribution in [0.1, 0.15) is 22.3 Å². The Morgan fingerprint density at radius 3 is 2.79 bits per heavy atom. The summed E-state index contributed by atoms with van der Waals surface area (Å²) in [6.45, 7) is 2.81. The molecule has 2 heterocycles. The van der Waals surface area contributed by atoms with Gasteiger partial charge in [-0.2, -0.15) is 0 Å². The molecule has 0 aromatic heterocycles. The number of nitrogens with zero attached hydrogens (tertiary/aromatic N) is 1. The molecule has 1 N–H and O–H groups in total. The van der Waals surface area contributed by atoms with Crippen LogP contribution in [-0.4, -0.2) is 36.0 Å². The predicted molar refractivity (Wildman–Crippen MR) is 88.4 cm³/mol. The van der Waals surface area contributed by atoms with Gasteiger partial charge in [0.05, 0.1) is 11.1 Å². The molecule has 1 saturated heterocycles. The summed E-state index contributed by atoms with van der Waals surface area (Å²) in [5.74, 6) is 0.342. The molecule has 4 nitrogen and oxygen atoms in total. The Bertz CT molecular complexity index is 762. The molecule has 2 aliphatic rings. The average Bonchev–Trinajstić information content (AvgIpc) is 2.91. The van der Waals surface area contributed by atoms with E-state index in [1.807, 2.05) is 18.2 Å². The number of fused-ring (bicyclic) bond motifs is 1. The molecule has 2 aromatic rings. The van der Waals surface area contributed by atoms with E-state index in [0.29, 0.717) is 17.9 Å². The minimum absolute atomic E-state index is 0.0771. The van der Waals surface area contributed by atoms with Crippen LogP contribution in [0, 0.1) is 5.82 Å². The number of amides is 1. The van der Waals surface area contributed by atoms with E-state index < -0.39 is 0 Å². The van der Waals surface area contributed by atoms with E-state index in [2.05, 4.69) is 10.2 Å². The second-order valence-corrected chi connectivity index (χ2v) is 6.61. The number of para-hydroxylation sites is 1. The van der Waals surface area contributed by atoms with Crippen molar-refractivity contribution in [3.63, 3.8) is 0 Å². The largest absolute Gasteiger partial charge is 0.490 e. The van der Waals surface area contributed by atoms with E-state index >= 15 is 0 Å². The zero-order chi connectivity index (χ0) is 16.6. The normalized spacial score (nSPS) is 23.5. The highest BCUT2D eigenvalue weighted by Gasteiger charge is 2.42. The smallest absolute Gasteiger partial charge is 0.255 e. The van der Waals surface area contributed by atoms with Crippen molar-refractivity contribution in [3.8, 4) is 5.75 Å². The van der Waals surface area contributed by atoms with E-state index in [4.69, 9.17) is 4.74 Å². The van der Waals surface area contributed by atoms with Crippen molar-refractivity contribution in [1.29, 1.82) is 0 Å². The van der Waals surface area contributed by atoms with Gasteiger partial charge in [-0.05, 0) is 36.2 Å². The van der Waals surface area contributed by atoms with Gasteiger partial charge in [-0.3, -0.25) is 9.69 Å². The number of likely N-dealkylation sites (tertiary alicyclic amines) is 1. The van der Waals surface area contributed by atoms with E-state index in [1.165, 1.54) is 12.1 Å². The molecule has 1 atom stereocenters. The Labute approximate surface area is 140 Å². The summed E-state index contributed by atoms with van der Waals surface area (Å²) in [5, 5.41) is 3.17. The van der Waals surface area contributed by atoms with Gasteiger partial charge in [0.15, 0.2) is 0 Å². The van der Waals surface area contributed by atoms with Crippen LogP contribution >= 0.6 is 0 Å². The molecule has 1 amide bonds. The first kappa shape index (κ1) is 15.1. The molecular weight excluding hydrogens is 307 g/mol. The number of halogens is 1.